The Bertz CT molecular complexity index is 1050. The van der Waals surface area contributed by atoms with Crippen molar-refractivity contribution in [3.63, 3.8) is 0 Å². The van der Waals surface area contributed by atoms with Gasteiger partial charge in [-0.3, -0.25) is 14.2 Å². The number of ketones is 1. The molecule has 6 nitrogen and oxygen atoms in total. The zero-order valence-corrected chi connectivity index (χ0v) is 18.3. The third-order valence-corrected chi connectivity index (χ3v) is 9.28. The van der Waals surface area contributed by atoms with Crippen LogP contribution in [0.2, 0.25) is 0 Å². The van der Waals surface area contributed by atoms with Gasteiger partial charge in [-0.05, 0) is 55.7 Å². The molecule has 4 aliphatic carbocycles. The molecule has 0 aromatic carbocycles. The Balaban J connectivity index is 1.64. The average molecular weight is 446 g/mol. The number of alkyl halides is 2. The van der Waals surface area contributed by atoms with Crippen LogP contribution in [0.15, 0.2) is 42.5 Å². The Hall–Kier alpha value is -2.19. The van der Waals surface area contributed by atoms with E-state index < -0.39 is 63.8 Å². The van der Waals surface area contributed by atoms with E-state index >= 15 is 8.78 Å². The normalized spacial score (nSPS) is 49.8. The van der Waals surface area contributed by atoms with E-state index in [1.165, 1.54) is 42.4 Å². The van der Waals surface area contributed by atoms with E-state index in [1.807, 2.05) is 0 Å². The highest BCUT2D eigenvalue weighted by Crippen LogP contribution is 2.71. The van der Waals surface area contributed by atoms with Crippen LogP contribution in [0.1, 0.15) is 44.8 Å². The van der Waals surface area contributed by atoms with E-state index in [-0.39, 0.29) is 18.4 Å². The van der Waals surface area contributed by atoms with Gasteiger partial charge in [0.15, 0.2) is 17.1 Å². The second-order valence-corrected chi connectivity index (χ2v) is 10.5. The van der Waals surface area contributed by atoms with E-state index in [0.29, 0.717) is 6.42 Å². The van der Waals surface area contributed by atoms with Crippen molar-refractivity contribution >= 4 is 11.7 Å². The van der Waals surface area contributed by atoms with Crippen molar-refractivity contribution in [2.75, 3.05) is 0 Å². The van der Waals surface area contributed by atoms with E-state index in [2.05, 4.69) is 4.98 Å². The molecule has 0 radical (unpaired) electrons. The molecule has 0 aliphatic heterocycles. The number of carbonyl (C=O) groups excluding carboxylic acids is 2. The molecule has 1 heterocycles. The topological polar surface area (TPSA) is 92.4 Å². The molecule has 1 aromatic heterocycles. The van der Waals surface area contributed by atoms with E-state index in [1.54, 1.807) is 13.8 Å². The molecule has 2 N–H and O–H groups in total. The number of hydrogen-bond acceptors (Lipinski definition) is 5. The minimum absolute atomic E-state index is 0.0576. The Morgan fingerprint density at radius 2 is 2.00 bits per heavy atom. The lowest BCUT2D eigenvalue weighted by molar-refractivity contribution is -0.217. The third kappa shape index (κ3) is 2.27. The smallest absolute Gasteiger partial charge is 0.264 e. The molecule has 32 heavy (non-hydrogen) atoms. The summed E-state index contributed by atoms with van der Waals surface area (Å²) in [6.45, 7) is 4.99. The molecule has 3 fully saturated rings. The van der Waals surface area contributed by atoms with E-state index in [4.69, 9.17) is 0 Å². The van der Waals surface area contributed by atoms with Crippen LogP contribution in [-0.4, -0.2) is 55.0 Å². The molecule has 0 spiro atoms. The van der Waals surface area contributed by atoms with Gasteiger partial charge in [-0.2, -0.15) is 0 Å². The molecule has 8 heteroatoms. The highest BCUT2D eigenvalue weighted by molar-refractivity contribution is 6.01. The van der Waals surface area contributed by atoms with Gasteiger partial charge >= 0.3 is 0 Å². The van der Waals surface area contributed by atoms with Crippen LogP contribution in [0, 0.1) is 28.6 Å². The lowest BCUT2D eigenvalue weighted by atomic mass is 9.44. The second-order valence-electron chi connectivity index (χ2n) is 10.5. The molecular weight excluding hydrogens is 418 g/mol. The quantitative estimate of drug-likeness (QED) is 0.692. The monoisotopic (exact) mass is 446 g/mol. The fourth-order valence-electron chi connectivity index (χ4n) is 7.57. The SMILES string of the molecule is C[C@@H]1C[C@H]2[C@@H]3C[C@H](F)C4=CC(=O)C=C[C@]4(C)[C@@]3(F)[C@@H](O)C[C@]2(C)[C@@]1(O)C(=O)n1ccnc1. The van der Waals surface area contributed by atoms with Crippen molar-refractivity contribution in [3.8, 4) is 0 Å². The van der Waals surface area contributed by atoms with Crippen LogP contribution in [0.3, 0.4) is 0 Å². The van der Waals surface area contributed by atoms with Gasteiger partial charge in [-0.15, -0.1) is 0 Å². The molecule has 172 valence electrons. The molecule has 3 saturated carbocycles. The first kappa shape index (κ1) is 21.6. The molecule has 4 aliphatic rings. The zero-order valence-electron chi connectivity index (χ0n) is 18.3. The van der Waals surface area contributed by atoms with Gasteiger partial charge in [0.05, 0.1) is 6.10 Å². The largest absolute Gasteiger partial charge is 0.390 e. The summed E-state index contributed by atoms with van der Waals surface area (Å²) in [5.41, 5.74) is -6.70. The zero-order chi connectivity index (χ0) is 23.3. The van der Waals surface area contributed by atoms with Crippen molar-refractivity contribution in [3.05, 3.63) is 42.5 Å². The average Bonchev–Trinajstić information content (AvgIpc) is 3.34. The fraction of sp³-hybridized carbons (Fsp3) is 0.625. The Morgan fingerprint density at radius 1 is 1.28 bits per heavy atom. The number of fused-ring (bicyclic) bond motifs is 5. The van der Waals surface area contributed by atoms with Crippen LogP contribution in [0.5, 0.6) is 0 Å². The summed E-state index contributed by atoms with van der Waals surface area (Å²) < 4.78 is 33.7. The van der Waals surface area contributed by atoms with Crippen LogP contribution < -0.4 is 0 Å². The number of nitrogens with zero attached hydrogens (tertiary/aromatic N) is 2. The molecule has 0 bridgehead atoms. The fourth-order valence-corrected chi connectivity index (χ4v) is 7.57. The predicted molar refractivity (Wildman–Crippen MR) is 111 cm³/mol. The van der Waals surface area contributed by atoms with Crippen LogP contribution in [-0.2, 0) is 4.79 Å². The first-order chi connectivity index (χ1) is 14.9. The van der Waals surface area contributed by atoms with Gasteiger partial charge in [0.1, 0.15) is 12.5 Å². The first-order valence-electron chi connectivity index (χ1n) is 11.1. The number of imidazole rings is 1. The van der Waals surface area contributed by atoms with Gasteiger partial charge < -0.3 is 10.2 Å². The number of carbonyl (C=O) groups is 2. The second kappa shape index (κ2) is 6.44. The molecule has 0 unspecified atom stereocenters. The Morgan fingerprint density at radius 3 is 2.66 bits per heavy atom. The van der Waals surface area contributed by atoms with Gasteiger partial charge in [0.2, 0.25) is 0 Å². The lowest BCUT2D eigenvalue weighted by Crippen LogP contribution is -2.70. The van der Waals surface area contributed by atoms with Gasteiger partial charge in [0.25, 0.3) is 5.91 Å². The van der Waals surface area contributed by atoms with Crippen LogP contribution in [0.4, 0.5) is 8.78 Å². The molecular formula is C24H28F2N2O4. The Labute approximate surface area is 185 Å². The molecule has 1 aromatic rings. The standard InChI is InChI=1S/C24H28F2N2O4/c1-13-8-15-16-10-18(25)17-9-14(29)4-5-21(17,2)23(16,26)19(30)11-22(15,3)24(13,32)20(31)28-7-6-27-12-28/h4-7,9,12-13,15-16,18-19,30,32H,8,10-11H2,1-3H3/t13-,15+,16+,18+,19+,21+,22+,23+,24+/m1/s1. The highest BCUT2D eigenvalue weighted by atomic mass is 19.1. The van der Waals surface area contributed by atoms with Crippen molar-refractivity contribution in [2.24, 2.45) is 28.6 Å². The van der Waals surface area contributed by atoms with Crippen molar-refractivity contribution in [2.45, 2.75) is 63.6 Å². The van der Waals surface area contributed by atoms with Crippen molar-refractivity contribution in [1.29, 1.82) is 0 Å². The summed E-state index contributed by atoms with van der Waals surface area (Å²) in [4.78, 5) is 29.2. The summed E-state index contributed by atoms with van der Waals surface area (Å²) in [6, 6.07) is 0. The lowest BCUT2D eigenvalue weighted by Gasteiger charge is -2.63. The highest BCUT2D eigenvalue weighted by Gasteiger charge is 2.76. The van der Waals surface area contributed by atoms with Gasteiger partial charge in [-0.25, -0.2) is 13.8 Å². The number of aromatic nitrogens is 2. The minimum Gasteiger partial charge on any atom is -0.390 e. The van der Waals surface area contributed by atoms with E-state index in [0.717, 1.165) is 6.08 Å². The summed E-state index contributed by atoms with van der Waals surface area (Å²) in [6.07, 6.45) is 4.80. The maximum Gasteiger partial charge on any atom is 0.264 e. The van der Waals surface area contributed by atoms with Crippen molar-refractivity contribution < 1.29 is 28.6 Å². The van der Waals surface area contributed by atoms with E-state index in [9.17, 15) is 19.8 Å². The molecule has 5 rings (SSSR count). The molecule has 9 atom stereocenters. The van der Waals surface area contributed by atoms with Crippen LogP contribution >= 0.6 is 0 Å². The number of allylic oxidation sites excluding steroid dienone is 4. The Kier molecular flexibility index (Phi) is 4.36. The van der Waals surface area contributed by atoms with Gasteiger partial charge in [0, 0.05) is 29.1 Å². The minimum atomic E-state index is -2.23. The summed E-state index contributed by atoms with van der Waals surface area (Å²) in [5.74, 6) is -2.97. The number of aliphatic hydroxyl groups excluding tert-OH is 1. The van der Waals surface area contributed by atoms with Gasteiger partial charge in [-0.1, -0.05) is 19.9 Å². The number of aliphatic hydroxyl groups is 2. The number of hydrogen-bond donors (Lipinski definition) is 2. The maximum atomic E-state index is 17.1. The predicted octanol–water partition coefficient (Wildman–Crippen LogP) is 2.82. The summed E-state index contributed by atoms with van der Waals surface area (Å²) in [5, 5.41) is 23.1. The first-order valence-corrected chi connectivity index (χ1v) is 11.1. The number of rotatable bonds is 1. The number of halogens is 2. The third-order valence-electron chi connectivity index (χ3n) is 9.28. The summed E-state index contributed by atoms with van der Waals surface area (Å²) in [7, 11) is 0. The van der Waals surface area contributed by atoms with Crippen LogP contribution in [0.25, 0.3) is 0 Å². The summed E-state index contributed by atoms with van der Waals surface area (Å²) >= 11 is 0. The van der Waals surface area contributed by atoms with Crippen molar-refractivity contribution in [1.82, 2.24) is 9.55 Å². The maximum absolute atomic E-state index is 17.1. The molecule has 0 saturated heterocycles. The molecule has 0 amide bonds.